The molecule has 4 heteroatoms. The summed E-state index contributed by atoms with van der Waals surface area (Å²) in [6.07, 6.45) is 1.44. The minimum absolute atomic E-state index is 0.314. The van der Waals surface area contributed by atoms with E-state index in [4.69, 9.17) is 10.5 Å². The molecule has 0 aromatic heterocycles. The number of primary amides is 1. The second-order valence-corrected chi connectivity index (χ2v) is 5.91. The highest BCUT2D eigenvalue weighted by molar-refractivity contribution is 5.84. The van der Waals surface area contributed by atoms with Crippen molar-refractivity contribution in [3.63, 3.8) is 0 Å². The molecular weight excluding hydrogens is 264 g/mol. The van der Waals surface area contributed by atoms with Crippen LogP contribution in [-0.2, 0) is 4.79 Å². The predicted molar refractivity (Wildman–Crippen MR) is 86.5 cm³/mol. The SMILES string of the molecule is CCNC(C)(CCCOc1cccc(C(C)C)c1)C(N)=O. The quantitative estimate of drug-likeness (QED) is 0.688. The zero-order valence-corrected chi connectivity index (χ0v) is 13.6. The number of hydrogen-bond acceptors (Lipinski definition) is 3. The van der Waals surface area contributed by atoms with Crippen LogP contribution in [-0.4, -0.2) is 24.6 Å². The molecule has 1 aromatic rings. The van der Waals surface area contributed by atoms with Crippen LogP contribution < -0.4 is 15.8 Å². The van der Waals surface area contributed by atoms with Gasteiger partial charge in [-0.1, -0.05) is 32.9 Å². The van der Waals surface area contributed by atoms with Crippen LogP contribution in [0.2, 0.25) is 0 Å². The number of rotatable bonds is 9. The van der Waals surface area contributed by atoms with E-state index in [9.17, 15) is 4.79 Å². The van der Waals surface area contributed by atoms with Crippen LogP contribution in [0.15, 0.2) is 24.3 Å². The fourth-order valence-electron chi connectivity index (χ4n) is 2.27. The number of amides is 1. The van der Waals surface area contributed by atoms with E-state index in [-0.39, 0.29) is 5.91 Å². The van der Waals surface area contributed by atoms with E-state index in [2.05, 4.69) is 31.3 Å². The van der Waals surface area contributed by atoms with Crippen molar-refractivity contribution in [2.75, 3.05) is 13.2 Å². The zero-order valence-electron chi connectivity index (χ0n) is 13.6. The fourth-order valence-corrected chi connectivity index (χ4v) is 2.27. The molecule has 0 aliphatic carbocycles. The molecular formula is C17H28N2O2. The van der Waals surface area contributed by atoms with Gasteiger partial charge in [0.1, 0.15) is 5.75 Å². The Morgan fingerprint density at radius 2 is 2.14 bits per heavy atom. The third-order valence-electron chi connectivity index (χ3n) is 3.73. The largest absolute Gasteiger partial charge is 0.494 e. The molecule has 1 amide bonds. The second kappa shape index (κ2) is 8.03. The van der Waals surface area contributed by atoms with Gasteiger partial charge in [-0.3, -0.25) is 4.79 Å². The first-order valence-electron chi connectivity index (χ1n) is 7.66. The van der Waals surface area contributed by atoms with Gasteiger partial charge in [0.25, 0.3) is 0 Å². The number of ether oxygens (including phenoxy) is 1. The van der Waals surface area contributed by atoms with Gasteiger partial charge in [0.05, 0.1) is 12.1 Å². The van der Waals surface area contributed by atoms with Gasteiger partial charge in [0.2, 0.25) is 5.91 Å². The van der Waals surface area contributed by atoms with Crippen molar-refractivity contribution in [3.8, 4) is 5.75 Å². The first kappa shape index (κ1) is 17.5. The lowest BCUT2D eigenvalue weighted by atomic mass is 9.95. The van der Waals surface area contributed by atoms with E-state index >= 15 is 0 Å². The third-order valence-corrected chi connectivity index (χ3v) is 3.73. The Hall–Kier alpha value is -1.55. The molecule has 0 fully saturated rings. The van der Waals surface area contributed by atoms with Gasteiger partial charge >= 0.3 is 0 Å². The standard InChI is InChI=1S/C17H28N2O2/c1-5-19-17(4,16(18)20)10-7-11-21-15-9-6-8-14(12-15)13(2)3/h6,8-9,12-13,19H,5,7,10-11H2,1-4H3,(H2,18,20). The van der Waals surface area contributed by atoms with Crippen molar-refractivity contribution in [1.29, 1.82) is 0 Å². The molecule has 4 nitrogen and oxygen atoms in total. The number of nitrogens with one attached hydrogen (secondary N) is 1. The molecule has 0 aliphatic heterocycles. The number of likely N-dealkylation sites (N-methyl/N-ethyl adjacent to an activating group) is 1. The number of nitrogens with two attached hydrogens (primary N) is 1. The fraction of sp³-hybridized carbons (Fsp3) is 0.588. The monoisotopic (exact) mass is 292 g/mol. The Morgan fingerprint density at radius 1 is 1.43 bits per heavy atom. The van der Waals surface area contributed by atoms with Gasteiger partial charge in [-0.2, -0.15) is 0 Å². The molecule has 0 heterocycles. The number of carbonyl (C=O) groups is 1. The van der Waals surface area contributed by atoms with E-state index in [1.165, 1.54) is 5.56 Å². The maximum Gasteiger partial charge on any atom is 0.237 e. The second-order valence-electron chi connectivity index (χ2n) is 5.91. The Labute approximate surface area is 128 Å². The normalized spacial score (nSPS) is 14.0. The lowest BCUT2D eigenvalue weighted by Crippen LogP contribution is -2.53. The van der Waals surface area contributed by atoms with E-state index in [0.717, 1.165) is 18.7 Å². The van der Waals surface area contributed by atoms with Gasteiger partial charge < -0.3 is 15.8 Å². The van der Waals surface area contributed by atoms with Crippen LogP contribution in [0.1, 0.15) is 52.0 Å². The Bertz CT molecular complexity index is 460. The van der Waals surface area contributed by atoms with Crippen LogP contribution in [0.4, 0.5) is 0 Å². The van der Waals surface area contributed by atoms with Crippen molar-refractivity contribution in [2.45, 2.75) is 52.0 Å². The molecule has 0 spiro atoms. The Balaban J connectivity index is 2.46. The topological polar surface area (TPSA) is 64.3 Å². The smallest absolute Gasteiger partial charge is 0.237 e. The van der Waals surface area contributed by atoms with Gasteiger partial charge in [-0.15, -0.1) is 0 Å². The summed E-state index contributed by atoms with van der Waals surface area (Å²) >= 11 is 0. The molecule has 1 unspecified atom stereocenters. The van der Waals surface area contributed by atoms with Gasteiger partial charge in [0, 0.05) is 0 Å². The molecule has 21 heavy (non-hydrogen) atoms. The summed E-state index contributed by atoms with van der Waals surface area (Å²) in [6, 6.07) is 8.15. The maximum absolute atomic E-state index is 11.5. The lowest BCUT2D eigenvalue weighted by molar-refractivity contribution is -0.124. The highest BCUT2D eigenvalue weighted by Gasteiger charge is 2.29. The van der Waals surface area contributed by atoms with Crippen LogP contribution in [0.3, 0.4) is 0 Å². The van der Waals surface area contributed by atoms with Gasteiger partial charge in [0.15, 0.2) is 0 Å². The first-order chi connectivity index (χ1) is 9.89. The Kier molecular flexibility index (Phi) is 6.69. The van der Waals surface area contributed by atoms with E-state index in [1.54, 1.807) is 0 Å². The predicted octanol–water partition coefficient (Wildman–Crippen LogP) is 2.82. The first-order valence-corrected chi connectivity index (χ1v) is 7.66. The third kappa shape index (κ3) is 5.38. The highest BCUT2D eigenvalue weighted by Crippen LogP contribution is 2.20. The summed E-state index contributed by atoms with van der Waals surface area (Å²) < 4.78 is 5.77. The summed E-state index contributed by atoms with van der Waals surface area (Å²) in [6.45, 7) is 9.43. The van der Waals surface area contributed by atoms with Crippen molar-refractivity contribution in [1.82, 2.24) is 5.32 Å². The van der Waals surface area contributed by atoms with E-state index in [1.807, 2.05) is 26.0 Å². The average Bonchev–Trinajstić information content (AvgIpc) is 2.44. The average molecular weight is 292 g/mol. The van der Waals surface area contributed by atoms with Crippen molar-refractivity contribution >= 4 is 5.91 Å². The van der Waals surface area contributed by atoms with Crippen LogP contribution in [0, 0.1) is 0 Å². The molecule has 1 atom stereocenters. The van der Waals surface area contributed by atoms with Crippen LogP contribution in [0.5, 0.6) is 5.75 Å². The maximum atomic E-state index is 11.5. The van der Waals surface area contributed by atoms with Crippen LogP contribution >= 0.6 is 0 Å². The highest BCUT2D eigenvalue weighted by atomic mass is 16.5. The summed E-state index contributed by atoms with van der Waals surface area (Å²) in [4.78, 5) is 11.5. The molecule has 0 bridgehead atoms. The molecule has 0 saturated carbocycles. The zero-order chi connectivity index (χ0) is 15.9. The molecule has 1 rings (SSSR count). The van der Waals surface area contributed by atoms with E-state index < -0.39 is 5.54 Å². The molecule has 118 valence electrons. The number of benzene rings is 1. The molecule has 0 radical (unpaired) electrons. The number of hydrogen-bond donors (Lipinski definition) is 2. The minimum Gasteiger partial charge on any atom is -0.494 e. The van der Waals surface area contributed by atoms with Crippen LogP contribution in [0.25, 0.3) is 0 Å². The number of carbonyl (C=O) groups excluding carboxylic acids is 1. The molecule has 0 aliphatic rings. The summed E-state index contributed by atoms with van der Waals surface area (Å²) in [5.74, 6) is 1.05. The van der Waals surface area contributed by atoms with Gasteiger partial charge in [-0.25, -0.2) is 0 Å². The lowest BCUT2D eigenvalue weighted by Gasteiger charge is -2.26. The summed E-state index contributed by atoms with van der Waals surface area (Å²) in [5.41, 5.74) is 6.07. The molecule has 1 aromatic carbocycles. The van der Waals surface area contributed by atoms with Crippen molar-refractivity contribution in [2.24, 2.45) is 5.73 Å². The minimum atomic E-state index is -0.655. The summed E-state index contributed by atoms with van der Waals surface area (Å²) in [7, 11) is 0. The summed E-state index contributed by atoms with van der Waals surface area (Å²) in [5, 5.41) is 3.15. The Morgan fingerprint density at radius 3 is 2.71 bits per heavy atom. The van der Waals surface area contributed by atoms with Crippen molar-refractivity contribution in [3.05, 3.63) is 29.8 Å². The van der Waals surface area contributed by atoms with Gasteiger partial charge in [-0.05, 0) is 49.9 Å². The van der Waals surface area contributed by atoms with Crippen molar-refractivity contribution < 1.29 is 9.53 Å². The van der Waals surface area contributed by atoms with E-state index in [0.29, 0.717) is 18.9 Å². The molecule has 3 N–H and O–H groups in total. The molecule has 0 saturated heterocycles.